The van der Waals surface area contributed by atoms with Gasteiger partial charge in [-0.2, -0.15) is 0 Å². The van der Waals surface area contributed by atoms with Crippen LogP contribution in [-0.4, -0.2) is 27.9 Å². The summed E-state index contributed by atoms with van der Waals surface area (Å²) in [6.07, 6.45) is 1.92. The molecule has 45 heavy (non-hydrogen) atoms. The lowest BCUT2D eigenvalue weighted by Gasteiger charge is -2.25. The van der Waals surface area contributed by atoms with Crippen molar-refractivity contribution >= 4 is 0 Å². The second-order valence-electron chi connectivity index (χ2n) is 11.2. The van der Waals surface area contributed by atoms with Gasteiger partial charge in [0.05, 0.1) is 18.0 Å². The van der Waals surface area contributed by atoms with Crippen molar-refractivity contribution in [3.63, 3.8) is 0 Å². The highest BCUT2D eigenvalue weighted by molar-refractivity contribution is 5.68. The first-order valence-electron chi connectivity index (χ1n) is 15.4. The molecule has 0 spiro atoms. The van der Waals surface area contributed by atoms with Gasteiger partial charge in [-0.05, 0) is 60.9 Å². The number of aromatic nitrogens is 2. The number of benzene rings is 4. The molecule has 2 heterocycles. The minimum atomic E-state index is -0.634. The number of rotatable bonds is 13. The molecule has 0 bridgehead atoms. The first-order valence-corrected chi connectivity index (χ1v) is 15.4. The van der Waals surface area contributed by atoms with Crippen LogP contribution in [0.15, 0.2) is 91.0 Å². The molecule has 232 valence electrons. The number of fused-ring (bicyclic) bond motifs is 1. The van der Waals surface area contributed by atoms with Gasteiger partial charge in [-0.15, -0.1) is 0 Å². The summed E-state index contributed by atoms with van der Waals surface area (Å²) in [5, 5.41) is 0. The van der Waals surface area contributed by atoms with Gasteiger partial charge in [0.1, 0.15) is 23.2 Å². The van der Waals surface area contributed by atoms with Gasteiger partial charge in [0.2, 0.25) is 6.79 Å². The Morgan fingerprint density at radius 3 is 2.29 bits per heavy atom. The van der Waals surface area contributed by atoms with Crippen LogP contribution in [0.2, 0.25) is 0 Å². The highest BCUT2D eigenvalue weighted by Crippen LogP contribution is 2.35. The average Bonchev–Trinajstić information content (AvgIpc) is 3.65. The van der Waals surface area contributed by atoms with E-state index < -0.39 is 11.6 Å². The quantitative estimate of drug-likeness (QED) is 0.134. The number of hydrogen-bond donors (Lipinski definition) is 0. The van der Waals surface area contributed by atoms with E-state index in [9.17, 15) is 8.78 Å². The van der Waals surface area contributed by atoms with Crippen molar-refractivity contribution in [1.29, 1.82) is 0 Å². The molecule has 5 aromatic rings. The SMILES string of the molecule is CCCCn1c(-c2ccccc2)nc(-c2cc(F)cc(F)c2)c1CN(Cc1cccc(OCC)c1)Cc1ccc2c(c1)OCO2. The maximum Gasteiger partial charge on any atom is 0.231 e. The zero-order valence-corrected chi connectivity index (χ0v) is 25.6. The third-order valence-corrected chi connectivity index (χ3v) is 7.81. The van der Waals surface area contributed by atoms with Gasteiger partial charge in [0.25, 0.3) is 0 Å². The molecular formula is C37H37F2N3O3. The minimum Gasteiger partial charge on any atom is -0.494 e. The average molecular weight is 610 g/mol. The lowest BCUT2D eigenvalue weighted by Crippen LogP contribution is -2.24. The summed E-state index contributed by atoms with van der Waals surface area (Å²) in [6, 6.07) is 27.7. The molecule has 6 rings (SSSR count). The fraction of sp³-hybridized carbons (Fsp3) is 0.270. The van der Waals surface area contributed by atoms with Crippen LogP contribution < -0.4 is 14.2 Å². The molecule has 0 unspecified atom stereocenters. The maximum atomic E-state index is 14.6. The summed E-state index contributed by atoms with van der Waals surface area (Å²) in [4.78, 5) is 7.40. The predicted molar refractivity (Wildman–Crippen MR) is 171 cm³/mol. The number of hydrogen-bond acceptors (Lipinski definition) is 5. The van der Waals surface area contributed by atoms with Crippen molar-refractivity contribution in [3.05, 3.63) is 119 Å². The van der Waals surface area contributed by atoms with E-state index in [1.165, 1.54) is 12.1 Å². The zero-order chi connectivity index (χ0) is 31.2. The van der Waals surface area contributed by atoms with Crippen LogP contribution in [0.4, 0.5) is 8.78 Å². The first-order chi connectivity index (χ1) is 22.0. The molecule has 0 fully saturated rings. The Morgan fingerprint density at radius 1 is 0.778 bits per heavy atom. The number of halogens is 2. The van der Waals surface area contributed by atoms with E-state index in [-0.39, 0.29) is 6.79 Å². The Labute approximate surface area is 262 Å². The van der Waals surface area contributed by atoms with E-state index in [1.54, 1.807) is 0 Å². The summed E-state index contributed by atoms with van der Waals surface area (Å²) in [7, 11) is 0. The van der Waals surface area contributed by atoms with Crippen LogP contribution >= 0.6 is 0 Å². The molecule has 1 aliphatic heterocycles. The molecule has 0 saturated carbocycles. The van der Waals surface area contributed by atoms with Crippen LogP contribution in [-0.2, 0) is 26.2 Å². The number of ether oxygens (including phenoxy) is 3. The van der Waals surface area contributed by atoms with Gasteiger partial charge in [-0.1, -0.05) is 61.9 Å². The highest BCUT2D eigenvalue weighted by atomic mass is 19.1. The Kier molecular flexibility index (Phi) is 9.41. The molecule has 1 aliphatic rings. The van der Waals surface area contributed by atoms with Gasteiger partial charge in [0.15, 0.2) is 11.5 Å². The smallest absolute Gasteiger partial charge is 0.231 e. The zero-order valence-electron chi connectivity index (χ0n) is 25.6. The van der Waals surface area contributed by atoms with E-state index >= 15 is 0 Å². The van der Waals surface area contributed by atoms with Crippen molar-refractivity contribution in [1.82, 2.24) is 14.5 Å². The minimum absolute atomic E-state index is 0.207. The number of unbranched alkanes of at least 4 members (excludes halogenated alkanes) is 1. The van der Waals surface area contributed by atoms with Crippen molar-refractivity contribution in [2.45, 2.75) is 52.9 Å². The summed E-state index contributed by atoms with van der Waals surface area (Å²) in [5.41, 5.74) is 4.97. The van der Waals surface area contributed by atoms with Crippen molar-refractivity contribution in [3.8, 4) is 39.9 Å². The van der Waals surface area contributed by atoms with Crippen LogP contribution in [0, 0.1) is 11.6 Å². The predicted octanol–water partition coefficient (Wildman–Crippen LogP) is 8.63. The van der Waals surface area contributed by atoms with E-state index in [0.717, 1.165) is 70.9 Å². The van der Waals surface area contributed by atoms with E-state index in [1.807, 2.05) is 67.6 Å². The second kappa shape index (κ2) is 13.9. The Hall–Kier alpha value is -4.69. The second-order valence-corrected chi connectivity index (χ2v) is 11.2. The maximum absolute atomic E-state index is 14.6. The van der Waals surface area contributed by atoms with Crippen LogP contribution in [0.3, 0.4) is 0 Å². The van der Waals surface area contributed by atoms with Gasteiger partial charge in [-0.3, -0.25) is 4.90 Å². The van der Waals surface area contributed by atoms with Gasteiger partial charge >= 0.3 is 0 Å². The lowest BCUT2D eigenvalue weighted by atomic mass is 10.1. The topological polar surface area (TPSA) is 48.8 Å². The molecule has 0 atom stereocenters. The molecule has 0 N–H and O–H groups in total. The third kappa shape index (κ3) is 7.18. The van der Waals surface area contributed by atoms with Gasteiger partial charge in [0, 0.05) is 43.4 Å². The molecule has 0 amide bonds. The van der Waals surface area contributed by atoms with E-state index in [4.69, 9.17) is 19.2 Å². The molecule has 8 heteroatoms. The Morgan fingerprint density at radius 2 is 1.53 bits per heavy atom. The summed E-state index contributed by atoms with van der Waals surface area (Å²) >= 11 is 0. The Bertz CT molecular complexity index is 1740. The van der Waals surface area contributed by atoms with Gasteiger partial charge < -0.3 is 18.8 Å². The normalized spacial score (nSPS) is 12.2. The van der Waals surface area contributed by atoms with Crippen molar-refractivity contribution in [2.75, 3.05) is 13.4 Å². The first kappa shape index (κ1) is 30.3. The summed E-state index contributed by atoms with van der Waals surface area (Å²) < 4.78 is 48.4. The number of imidazole rings is 1. The Balaban J connectivity index is 1.46. The highest BCUT2D eigenvalue weighted by Gasteiger charge is 2.24. The molecule has 6 nitrogen and oxygen atoms in total. The molecule has 4 aromatic carbocycles. The molecular weight excluding hydrogens is 572 g/mol. The lowest BCUT2D eigenvalue weighted by molar-refractivity contribution is 0.174. The molecule has 1 aromatic heterocycles. The number of nitrogens with zero attached hydrogens (tertiary/aromatic N) is 3. The van der Waals surface area contributed by atoms with Crippen LogP contribution in [0.25, 0.3) is 22.6 Å². The van der Waals surface area contributed by atoms with Crippen molar-refractivity contribution < 1.29 is 23.0 Å². The molecule has 0 saturated heterocycles. The molecule has 0 aliphatic carbocycles. The van der Waals surface area contributed by atoms with Crippen LogP contribution in [0.1, 0.15) is 43.5 Å². The van der Waals surface area contributed by atoms with Gasteiger partial charge in [-0.25, -0.2) is 13.8 Å². The van der Waals surface area contributed by atoms with E-state index in [2.05, 4.69) is 28.5 Å². The monoisotopic (exact) mass is 609 g/mol. The van der Waals surface area contributed by atoms with E-state index in [0.29, 0.717) is 37.5 Å². The fourth-order valence-electron chi connectivity index (χ4n) is 5.77. The summed E-state index contributed by atoms with van der Waals surface area (Å²) in [5.74, 6) is 1.78. The molecule has 0 radical (unpaired) electrons. The standard InChI is InChI=1S/C37H37F2N3O3/c1-3-5-16-42-33(36(29-19-30(38)21-31(39)20-29)40-37(42)28-11-7-6-8-12-28)24-41(22-26-10-9-13-32(17-26)43-4-2)23-27-14-15-34-35(18-27)45-25-44-34/h6-15,17-21H,3-5,16,22-25H2,1-2H3. The van der Waals surface area contributed by atoms with Crippen LogP contribution in [0.5, 0.6) is 17.2 Å². The largest absolute Gasteiger partial charge is 0.494 e. The fourth-order valence-corrected chi connectivity index (χ4v) is 5.77. The van der Waals surface area contributed by atoms with Crippen molar-refractivity contribution in [2.24, 2.45) is 0 Å². The third-order valence-electron chi connectivity index (χ3n) is 7.81. The summed E-state index contributed by atoms with van der Waals surface area (Å²) in [6.45, 7) is 7.30.